The van der Waals surface area contributed by atoms with Crippen LogP contribution in [0.1, 0.15) is 5.56 Å². The Morgan fingerprint density at radius 3 is 2.94 bits per heavy atom. The fraction of sp³-hybridized carbons (Fsp3) is 0.200. The van der Waals surface area contributed by atoms with E-state index < -0.39 is 0 Å². The highest BCUT2D eigenvalue weighted by atomic mass is 32.2. The van der Waals surface area contributed by atoms with Gasteiger partial charge in [-0.1, -0.05) is 0 Å². The summed E-state index contributed by atoms with van der Waals surface area (Å²) in [5.74, 6) is -0.355. The molecule has 1 N–H and O–H groups in total. The van der Waals surface area contributed by atoms with E-state index in [1.165, 1.54) is 23.9 Å². The van der Waals surface area contributed by atoms with Crippen LogP contribution in [0.2, 0.25) is 0 Å². The third kappa shape index (κ3) is 2.23. The predicted octanol–water partition coefficient (Wildman–Crippen LogP) is 1.60. The minimum atomic E-state index is -0.355. The van der Waals surface area contributed by atoms with Crippen molar-refractivity contribution >= 4 is 11.8 Å². The number of benzene rings is 1. The smallest absolute Gasteiger partial charge is 0.195 e. The number of hydrogen-bond donors (Lipinski definition) is 1. The number of aromatic nitrogens is 3. The lowest BCUT2D eigenvalue weighted by atomic mass is 10.2. The lowest BCUT2D eigenvalue weighted by Gasteiger charge is -2.05. The molecule has 0 bridgehead atoms. The van der Waals surface area contributed by atoms with Gasteiger partial charge in [0.2, 0.25) is 0 Å². The van der Waals surface area contributed by atoms with Crippen molar-refractivity contribution in [2.45, 2.75) is 16.7 Å². The first-order chi connectivity index (χ1) is 7.70. The van der Waals surface area contributed by atoms with Gasteiger partial charge in [0.1, 0.15) is 12.1 Å². The molecule has 6 heteroatoms. The number of halogens is 1. The predicted molar refractivity (Wildman–Crippen MR) is 57.4 cm³/mol. The van der Waals surface area contributed by atoms with E-state index >= 15 is 0 Å². The van der Waals surface area contributed by atoms with Gasteiger partial charge in [0.15, 0.2) is 5.16 Å². The highest BCUT2D eigenvalue weighted by molar-refractivity contribution is 7.99. The molecule has 0 aliphatic heterocycles. The molecule has 0 saturated heterocycles. The number of hydrogen-bond acceptors (Lipinski definition) is 4. The van der Waals surface area contributed by atoms with Gasteiger partial charge in [0.05, 0.1) is 6.61 Å². The molecule has 16 heavy (non-hydrogen) atoms. The van der Waals surface area contributed by atoms with E-state index in [0.29, 0.717) is 10.7 Å². The Bertz CT molecular complexity index is 501. The zero-order valence-electron chi connectivity index (χ0n) is 8.59. The van der Waals surface area contributed by atoms with Crippen molar-refractivity contribution in [2.75, 3.05) is 0 Å². The maximum atomic E-state index is 12.9. The van der Waals surface area contributed by atoms with E-state index in [9.17, 15) is 4.39 Å². The fourth-order valence-electron chi connectivity index (χ4n) is 1.23. The van der Waals surface area contributed by atoms with E-state index in [0.717, 1.165) is 4.90 Å². The van der Waals surface area contributed by atoms with Gasteiger partial charge in [-0.25, -0.2) is 4.39 Å². The van der Waals surface area contributed by atoms with Gasteiger partial charge in [-0.15, -0.1) is 10.2 Å². The molecule has 1 heterocycles. The third-order valence-corrected chi connectivity index (χ3v) is 3.23. The molecule has 0 aliphatic rings. The summed E-state index contributed by atoms with van der Waals surface area (Å²) in [6.45, 7) is -0.196. The van der Waals surface area contributed by atoms with Crippen LogP contribution in [0, 0.1) is 5.82 Å². The third-order valence-electron chi connectivity index (χ3n) is 2.06. The molecular formula is C10H10FN3OS. The lowest BCUT2D eigenvalue weighted by molar-refractivity contribution is 0.278. The second-order valence-corrected chi connectivity index (χ2v) is 4.25. The molecule has 4 nitrogen and oxygen atoms in total. The molecule has 0 radical (unpaired) electrons. The van der Waals surface area contributed by atoms with Crippen LogP contribution in [-0.4, -0.2) is 19.9 Å². The summed E-state index contributed by atoms with van der Waals surface area (Å²) in [6, 6.07) is 4.30. The molecule has 0 amide bonds. The SMILES string of the molecule is Cn1cnnc1Sc1ccc(F)cc1CO. The molecule has 0 unspecified atom stereocenters. The molecule has 1 aromatic carbocycles. The van der Waals surface area contributed by atoms with Crippen molar-refractivity contribution in [3.05, 3.63) is 35.9 Å². The molecule has 0 atom stereocenters. The van der Waals surface area contributed by atoms with Crippen molar-refractivity contribution in [3.8, 4) is 0 Å². The van der Waals surface area contributed by atoms with E-state index in [1.54, 1.807) is 17.0 Å². The number of nitrogens with zero attached hydrogens (tertiary/aromatic N) is 3. The Balaban J connectivity index is 2.31. The van der Waals surface area contributed by atoms with Gasteiger partial charge < -0.3 is 9.67 Å². The highest BCUT2D eigenvalue weighted by Gasteiger charge is 2.08. The summed E-state index contributed by atoms with van der Waals surface area (Å²) < 4.78 is 14.7. The van der Waals surface area contributed by atoms with Gasteiger partial charge >= 0.3 is 0 Å². The quantitative estimate of drug-likeness (QED) is 0.883. The van der Waals surface area contributed by atoms with Crippen LogP contribution in [0.4, 0.5) is 4.39 Å². The average molecular weight is 239 g/mol. The van der Waals surface area contributed by atoms with Gasteiger partial charge in [-0.3, -0.25) is 0 Å². The molecule has 0 aliphatic carbocycles. The Hall–Kier alpha value is -1.40. The number of aliphatic hydroxyl groups excluding tert-OH is 1. The average Bonchev–Trinajstić information content (AvgIpc) is 2.67. The molecule has 1 aromatic heterocycles. The maximum Gasteiger partial charge on any atom is 0.195 e. The first-order valence-corrected chi connectivity index (χ1v) is 5.43. The zero-order valence-corrected chi connectivity index (χ0v) is 9.41. The van der Waals surface area contributed by atoms with Crippen molar-refractivity contribution in [3.63, 3.8) is 0 Å². The largest absolute Gasteiger partial charge is 0.392 e. The zero-order chi connectivity index (χ0) is 11.5. The molecule has 84 valence electrons. The van der Waals surface area contributed by atoms with Crippen LogP contribution < -0.4 is 0 Å². The van der Waals surface area contributed by atoms with Crippen LogP contribution in [0.3, 0.4) is 0 Å². The minimum absolute atomic E-state index is 0.196. The van der Waals surface area contributed by atoms with Crippen LogP contribution in [0.25, 0.3) is 0 Å². The second kappa shape index (κ2) is 4.63. The fourth-order valence-corrected chi connectivity index (χ4v) is 2.10. The number of rotatable bonds is 3. The molecule has 0 fully saturated rings. The lowest BCUT2D eigenvalue weighted by Crippen LogP contribution is -1.93. The van der Waals surface area contributed by atoms with Crippen molar-refractivity contribution in [1.29, 1.82) is 0 Å². The highest BCUT2D eigenvalue weighted by Crippen LogP contribution is 2.29. The Morgan fingerprint density at radius 1 is 1.50 bits per heavy atom. The number of aliphatic hydroxyl groups is 1. The Kier molecular flexibility index (Phi) is 3.21. The van der Waals surface area contributed by atoms with E-state index in [1.807, 2.05) is 7.05 Å². The summed E-state index contributed by atoms with van der Waals surface area (Å²) in [7, 11) is 1.82. The second-order valence-electron chi connectivity index (χ2n) is 3.24. The maximum absolute atomic E-state index is 12.9. The minimum Gasteiger partial charge on any atom is -0.392 e. The van der Waals surface area contributed by atoms with Gasteiger partial charge in [0.25, 0.3) is 0 Å². The van der Waals surface area contributed by atoms with Crippen molar-refractivity contribution in [2.24, 2.45) is 7.05 Å². The molecule has 2 rings (SSSR count). The Morgan fingerprint density at radius 2 is 2.31 bits per heavy atom. The first kappa shape index (κ1) is 11.1. The van der Waals surface area contributed by atoms with Gasteiger partial charge in [0, 0.05) is 11.9 Å². The topological polar surface area (TPSA) is 50.9 Å². The standard InChI is InChI=1S/C10H10FN3OS/c1-14-6-12-13-10(14)16-9-3-2-8(11)4-7(9)5-15/h2-4,6,15H,5H2,1H3. The molecular weight excluding hydrogens is 229 g/mol. The summed E-state index contributed by atoms with van der Waals surface area (Å²) >= 11 is 1.34. The summed E-state index contributed by atoms with van der Waals surface area (Å²) in [6.07, 6.45) is 1.59. The molecule has 0 saturated carbocycles. The van der Waals surface area contributed by atoms with Crippen molar-refractivity contribution in [1.82, 2.24) is 14.8 Å². The molecule has 2 aromatic rings. The first-order valence-electron chi connectivity index (χ1n) is 4.62. The Labute approximate surface area is 96.1 Å². The summed E-state index contributed by atoms with van der Waals surface area (Å²) in [4.78, 5) is 0.778. The van der Waals surface area contributed by atoms with E-state index in [4.69, 9.17) is 5.11 Å². The summed E-state index contributed by atoms with van der Waals surface area (Å²) in [5, 5.41) is 17.5. The van der Waals surface area contributed by atoms with Gasteiger partial charge in [-0.2, -0.15) is 0 Å². The van der Waals surface area contributed by atoms with Crippen molar-refractivity contribution < 1.29 is 9.50 Å². The van der Waals surface area contributed by atoms with Crippen LogP contribution >= 0.6 is 11.8 Å². The van der Waals surface area contributed by atoms with E-state index in [-0.39, 0.29) is 12.4 Å². The monoisotopic (exact) mass is 239 g/mol. The normalized spacial score (nSPS) is 10.7. The number of aryl methyl sites for hydroxylation is 1. The molecule has 0 spiro atoms. The summed E-state index contributed by atoms with van der Waals surface area (Å²) in [5.41, 5.74) is 0.549. The van der Waals surface area contributed by atoms with E-state index in [2.05, 4.69) is 10.2 Å². The van der Waals surface area contributed by atoms with Gasteiger partial charge in [-0.05, 0) is 35.5 Å². The van der Waals surface area contributed by atoms with Crippen LogP contribution in [0.5, 0.6) is 0 Å². The van der Waals surface area contributed by atoms with Crippen LogP contribution in [0.15, 0.2) is 34.6 Å². The van der Waals surface area contributed by atoms with Crippen LogP contribution in [-0.2, 0) is 13.7 Å².